The minimum atomic E-state index is -4.14. The second-order valence-corrected chi connectivity index (χ2v) is 10.7. The van der Waals surface area contributed by atoms with Gasteiger partial charge in [-0.2, -0.15) is 0 Å². The van der Waals surface area contributed by atoms with E-state index >= 15 is 0 Å². The third-order valence-corrected chi connectivity index (χ3v) is 6.84. The van der Waals surface area contributed by atoms with Gasteiger partial charge in [0.25, 0.3) is 10.0 Å². The van der Waals surface area contributed by atoms with Crippen molar-refractivity contribution < 1.29 is 26.8 Å². The van der Waals surface area contributed by atoms with Crippen molar-refractivity contribution in [2.24, 2.45) is 0 Å². The first-order valence-corrected chi connectivity index (χ1v) is 12.0. The molecule has 2 aromatic carbocycles. The van der Waals surface area contributed by atoms with Crippen LogP contribution in [0, 0.1) is 5.82 Å². The van der Waals surface area contributed by atoms with Gasteiger partial charge in [-0.25, -0.2) is 21.6 Å². The first-order valence-electron chi connectivity index (χ1n) is 10.6. The Morgan fingerprint density at radius 2 is 1.85 bits per heavy atom. The molecule has 0 atom stereocenters. The Bertz CT molecular complexity index is 1460. The van der Waals surface area contributed by atoms with E-state index in [9.17, 15) is 17.6 Å². The number of nitrogens with zero attached hydrogens (tertiary/aromatic N) is 2. The molecule has 0 fully saturated rings. The van der Waals surface area contributed by atoms with E-state index in [1.807, 2.05) is 0 Å². The maximum atomic E-state index is 14.7. The molecule has 0 aliphatic carbocycles. The highest BCUT2D eigenvalue weighted by Crippen LogP contribution is 2.32. The molecule has 2 heterocycles. The molecular formula is C25H25FN2O5S. The number of furan rings is 1. The number of fused-ring (bicyclic) bond motifs is 1. The minimum Gasteiger partial charge on any atom is -0.464 e. The van der Waals surface area contributed by atoms with E-state index in [1.165, 1.54) is 41.6 Å². The maximum Gasteiger partial charge on any atom is 0.410 e. The van der Waals surface area contributed by atoms with Gasteiger partial charge in [0.05, 0.1) is 23.4 Å². The number of aromatic nitrogens is 1. The zero-order valence-corrected chi connectivity index (χ0v) is 20.1. The van der Waals surface area contributed by atoms with E-state index in [-0.39, 0.29) is 22.7 Å². The highest BCUT2D eigenvalue weighted by atomic mass is 32.2. The van der Waals surface area contributed by atoms with Gasteiger partial charge in [-0.1, -0.05) is 18.2 Å². The largest absolute Gasteiger partial charge is 0.464 e. The van der Waals surface area contributed by atoms with E-state index in [0.29, 0.717) is 16.5 Å². The number of hydrogen-bond acceptors (Lipinski definition) is 5. The predicted molar refractivity (Wildman–Crippen MR) is 126 cm³/mol. The molecule has 4 aromatic rings. The van der Waals surface area contributed by atoms with Gasteiger partial charge in [-0.05, 0) is 62.7 Å². The van der Waals surface area contributed by atoms with E-state index < -0.39 is 27.5 Å². The van der Waals surface area contributed by atoms with Crippen molar-refractivity contribution in [3.8, 4) is 11.3 Å². The summed E-state index contributed by atoms with van der Waals surface area (Å²) < 4.78 is 54.0. The summed E-state index contributed by atoms with van der Waals surface area (Å²) in [5.74, 6) is -0.564. The summed E-state index contributed by atoms with van der Waals surface area (Å²) in [4.78, 5) is 13.8. The Kier molecular flexibility index (Phi) is 5.99. The van der Waals surface area contributed by atoms with Crippen LogP contribution >= 0.6 is 0 Å². The molecule has 0 aliphatic rings. The van der Waals surface area contributed by atoms with Crippen molar-refractivity contribution in [2.75, 3.05) is 7.05 Å². The summed E-state index contributed by atoms with van der Waals surface area (Å²) in [5.41, 5.74) is 0.505. The molecule has 0 unspecified atom stereocenters. The summed E-state index contributed by atoms with van der Waals surface area (Å²) in [6, 6.07) is 13.8. The van der Waals surface area contributed by atoms with Crippen LogP contribution in [0.3, 0.4) is 0 Å². The molecule has 0 saturated carbocycles. The molecule has 0 radical (unpaired) electrons. The second kappa shape index (κ2) is 8.64. The van der Waals surface area contributed by atoms with E-state index in [2.05, 4.69) is 0 Å². The van der Waals surface area contributed by atoms with E-state index in [1.54, 1.807) is 58.2 Å². The maximum absolute atomic E-state index is 14.7. The number of halogens is 1. The molecule has 2 aromatic heterocycles. The molecule has 9 heteroatoms. The Balaban J connectivity index is 1.82. The Morgan fingerprint density at radius 1 is 1.12 bits per heavy atom. The molecule has 1 amide bonds. The van der Waals surface area contributed by atoms with Gasteiger partial charge in [0.2, 0.25) is 0 Å². The van der Waals surface area contributed by atoms with Gasteiger partial charge < -0.3 is 14.1 Å². The van der Waals surface area contributed by atoms with Gasteiger partial charge in [-0.3, -0.25) is 0 Å². The van der Waals surface area contributed by atoms with Crippen molar-refractivity contribution in [2.45, 2.75) is 37.8 Å². The predicted octanol–water partition coefficient (Wildman–Crippen LogP) is 5.64. The second-order valence-electron chi connectivity index (χ2n) is 8.94. The van der Waals surface area contributed by atoms with Crippen LogP contribution in [-0.2, 0) is 21.3 Å². The van der Waals surface area contributed by atoms with Crippen LogP contribution < -0.4 is 0 Å². The zero-order valence-electron chi connectivity index (χ0n) is 19.3. The summed E-state index contributed by atoms with van der Waals surface area (Å²) in [7, 11) is -2.59. The van der Waals surface area contributed by atoms with Gasteiger partial charge >= 0.3 is 6.09 Å². The fraction of sp³-hybridized carbons (Fsp3) is 0.240. The molecule has 0 bridgehead atoms. The summed E-state index contributed by atoms with van der Waals surface area (Å²) in [6.07, 6.45) is 2.26. The lowest BCUT2D eigenvalue weighted by Crippen LogP contribution is -2.33. The number of rotatable bonds is 5. The number of carbonyl (C=O) groups is 1. The number of carbonyl (C=O) groups excluding carboxylic acids is 1. The monoisotopic (exact) mass is 484 g/mol. The van der Waals surface area contributed by atoms with Crippen LogP contribution in [0.4, 0.5) is 9.18 Å². The van der Waals surface area contributed by atoms with Gasteiger partial charge in [0.1, 0.15) is 17.0 Å². The number of amides is 1. The fourth-order valence-corrected chi connectivity index (χ4v) is 5.22. The molecule has 34 heavy (non-hydrogen) atoms. The van der Waals surface area contributed by atoms with Crippen LogP contribution in [-0.4, -0.2) is 36.0 Å². The normalized spacial score (nSPS) is 12.1. The van der Waals surface area contributed by atoms with Crippen LogP contribution in [0.15, 0.2) is 76.4 Å². The lowest BCUT2D eigenvalue weighted by Gasteiger charge is -2.24. The third-order valence-electron chi connectivity index (χ3n) is 5.11. The third kappa shape index (κ3) is 4.56. The van der Waals surface area contributed by atoms with Crippen molar-refractivity contribution in [3.05, 3.63) is 78.4 Å². The molecular weight excluding hydrogens is 459 g/mol. The van der Waals surface area contributed by atoms with Crippen LogP contribution in [0.25, 0.3) is 22.2 Å². The lowest BCUT2D eigenvalue weighted by atomic mass is 10.1. The summed E-state index contributed by atoms with van der Waals surface area (Å²) in [5, 5.41) is 0.420. The molecule has 0 saturated heterocycles. The van der Waals surface area contributed by atoms with Gasteiger partial charge in [0, 0.05) is 24.2 Å². The first-order chi connectivity index (χ1) is 16.0. The number of benzene rings is 2. The average Bonchev–Trinajstić information content (AvgIpc) is 3.40. The molecule has 7 nitrogen and oxygen atoms in total. The van der Waals surface area contributed by atoms with Crippen LogP contribution in [0.1, 0.15) is 26.3 Å². The standard InChI is InChI=1S/C25H25FN2O5S/c1-25(2,3)33-24(29)27(4)15-17-14-21(18-8-5-6-9-20(18)26)28(16-17)34(30,31)23-11-7-10-22-19(23)12-13-32-22/h5-14,16H,15H2,1-4H3. The molecule has 0 aliphatic heterocycles. The SMILES string of the molecule is CN(Cc1cc(-c2ccccc2F)n(S(=O)(=O)c2cccc3occc23)c1)C(=O)OC(C)(C)C. The Labute approximate surface area is 197 Å². The van der Waals surface area contributed by atoms with Crippen molar-refractivity contribution >= 4 is 27.1 Å². The number of hydrogen-bond donors (Lipinski definition) is 0. The topological polar surface area (TPSA) is 81.8 Å². The van der Waals surface area contributed by atoms with Gasteiger partial charge in [0.15, 0.2) is 0 Å². The smallest absolute Gasteiger partial charge is 0.410 e. The quantitative estimate of drug-likeness (QED) is 0.366. The van der Waals surface area contributed by atoms with E-state index in [0.717, 1.165) is 3.97 Å². The molecule has 0 spiro atoms. The van der Waals surface area contributed by atoms with E-state index in [4.69, 9.17) is 9.15 Å². The Hall–Kier alpha value is -3.59. The molecule has 0 N–H and O–H groups in total. The van der Waals surface area contributed by atoms with Crippen LogP contribution in [0.2, 0.25) is 0 Å². The fourth-order valence-electron chi connectivity index (χ4n) is 3.62. The highest BCUT2D eigenvalue weighted by molar-refractivity contribution is 7.90. The minimum absolute atomic E-state index is 0.0268. The lowest BCUT2D eigenvalue weighted by molar-refractivity contribution is 0.0285. The van der Waals surface area contributed by atoms with Crippen molar-refractivity contribution in [3.63, 3.8) is 0 Å². The highest BCUT2D eigenvalue weighted by Gasteiger charge is 2.27. The zero-order chi connectivity index (χ0) is 24.7. The van der Waals surface area contributed by atoms with Crippen molar-refractivity contribution in [1.82, 2.24) is 8.87 Å². The molecule has 178 valence electrons. The average molecular weight is 485 g/mol. The first kappa shape index (κ1) is 23.6. The summed E-state index contributed by atoms with van der Waals surface area (Å²) >= 11 is 0. The van der Waals surface area contributed by atoms with Gasteiger partial charge in [-0.15, -0.1) is 0 Å². The Morgan fingerprint density at radius 3 is 2.56 bits per heavy atom. The van der Waals surface area contributed by atoms with Crippen LogP contribution in [0.5, 0.6) is 0 Å². The van der Waals surface area contributed by atoms with Crippen molar-refractivity contribution in [1.29, 1.82) is 0 Å². The summed E-state index contributed by atoms with van der Waals surface area (Å²) in [6.45, 7) is 5.34. The molecule has 4 rings (SSSR count). The number of ether oxygens (including phenoxy) is 1.